The number of anilines is 1. The van der Waals surface area contributed by atoms with E-state index in [2.05, 4.69) is 10.3 Å². The van der Waals surface area contributed by atoms with E-state index in [9.17, 15) is 9.59 Å². The first-order valence-electron chi connectivity index (χ1n) is 5.79. The second kappa shape index (κ2) is 6.58. The Balaban J connectivity index is 2.53. The summed E-state index contributed by atoms with van der Waals surface area (Å²) in [6.07, 6.45) is 1.26. The summed E-state index contributed by atoms with van der Waals surface area (Å²) in [6.45, 7) is 5.33. The van der Waals surface area contributed by atoms with Crippen molar-refractivity contribution in [3.8, 4) is 0 Å². The van der Waals surface area contributed by atoms with Crippen molar-refractivity contribution in [3.63, 3.8) is 0 Å². The summed E-state index contributed by atoms with van der Waals surface area (Å²) in [5, 5.41) is 11.6. The molecule has 0 spiro atoms. The number of carboxylic acid groups (broad SMARTS) is 1. The van der Waals surface area contributed by atoms with Gasteiger partial charge in [-0.1, -0.05) is 0 Å². The van der Waals surface area contributed by atoms with Crippen molar-refractivity contribution >= 4 is 17.7 Å². The van der Waals surface area contributed by atoms with Crippen LogP contribution in [0.5, 0.6) is 0 Å². The number of likely N-dealkylation sites (N-methyl/N-ethyl adjacent to an activating group) is 1. The minimum atomic E-state index is -1.02. The molecule has 0 bridgehead atoms. The largest absolute Gasteiger partial charge is 0.478 e. The van der Waals surface area contributed by atoms with E-state index in [1.807, 2.05) is 13.8 Å². The third-order valence-corrected chi connectivity index (χ3v) is 2.55. The Bertz CT molecular complexity index is 413. The number of carboxylic acids is 1. The minimum Gasteiger partial charge on any atom is -0.478 e. The highest BCUT2D eigenvalue weighted by molar-refractivity contribution is 5.87. The molecule has 1 aromatic rings. The summed E-state index contributed by atoms with van der Waals surface area (Å²) in [7, 11) is 0. The van der Waals surface area contributed by atoms with Crippen LogP contribution >= 0.6 is 0 Å². The second-order valence-corrected chi connectivity index (χ2v) is 3.66. The molecule has 0 unspecified atom stereocenters. The van der Waals surface area contributed by atoms with Crippen LogP contribution in [0.2, 0.25) is 0 Å². The van der Waals surface area contributed by atoms with Crippen molar-refractivity contribution in [3.05, 3.63) is 23.9 Å². The number of hydrogen-bond acceptors (Lipinski definition) is 4. The number of aromatic carboxylic acids is 1. The molecule has 0 aliphatic carbocycles. The Labute approximate surface area is 106 Å². The molecule has 2 N–H and O–H groups in total. The number of nitrogens with zero attached hydrogens (tertiary/aromatic N) is 2. The van der Waals surface area contributed by atoms with E-state index in [0.29, 0.717) is 18.9 Å². The zero-order valence-corrected chi connectivity index (χ0v) is 10.5. The Morgan fingerprint density at radius 3 is 2.44 bits per heavy atom. The molecule has 0 atom stereocenters. The fraction of sp³-hybridized carbons (Fsp3) is 0.417. The maximum absolute atomic E-state index is 11.7. The number of carbonyl (C=O) groups excluding carboxylic acids is 1. The van der Waals surface area contributed by atoms with Gasteiger partial charge in [-0.15, -0.1) is 0 Å². The minimum absolute atomic E-state index is 0.0101. The number of rotatable bonds is 6. The molecule has 6 heteroatoms. The zero-order valence-electron chi connectivity index (χ0n) is 10.5. The van der Waals surface area contributed by atoms with Gasteiger partial charge in [-0.2, -0.15) is 0 Å². The number of nitrogens with one attached hydrogen (secondary N) is 1. The molecule has 1 amide bonds. The van der Waals surface area contributed by atoms with Crippen LogP contribution in [0.15, 0.2) is 18.3 Å². The highest BCUT2D eigenvalue weighted by Crippen LogP contribution is 2.04. The lowest BCUT2D eigenvalue weighted by Crippen LogP contribution is -2.35. The lowest BCUT2D eigenvalue weighted by molar-refractivity contribution is -0.128. The standard InChI is InChI=1S/C12H17N3O3/c1-3-15(4-2)11(16)8-14-10-6-5-9(7-13-10)12(17)18/h5-7H,3-4,8H2,1-2H3,(H,13,14)(H,17,18). The van der Waals surface area contributed by atoms with Crippen LogP contribution in [-0.2, 0) is 4.79 Å². The molecule has 0 fully saturated rings. The highest BCUT2D eigenvalue weighted by atomic mass is 16.4. The third kappa shape index (κ3) is 3.73. The predicted octanol–water partition coefficient (Wildman–Crippen LogP) is 1.06. The van der Waals surface area contributed by atoms with Gasteiger partial charge in [0.2, 0.25) is 5.91 Å². The molecular formula is C12H17N3O3. The first-order chi connectivity index (χ1) is 8.58. The van der Waals surface area contributed by atoms with Gasteiger partial charge in [0.1, 0.15) is 5.82 Å². The van der Waals surface area contributed by atoms with Crippen LogP contribution in [0.3, 0.4) is 0 Å². The summed E-state index contributed by atoms with van der Waals surface area (Å²) >= 11 is 0. The molecule has 0 aliphatic heterocycles. The molecule has 98 valence electrons. The smallest absolute Gasteiger partial charge is 0.337 e. The summed E-state index contributed by atoms with van der Waals surface area (Å²) in [4.78, 5) is 27.9. The Hall–Kier alpha value is -2.11. The summed E-state index contributed by atoms with van der Waals surface area (Å²) in [5.41, 5.74) is 0.121. The number of hydrogen-bond donors (Lipinski definition) is 2. The van der Waals surface area contributed by atoms with E-state index in [-0.39, 0.29) is 18.0 Å². The van der Waals surface area contributed by atoms with Gasteiger partial charge in [-0.05, 0) is 26.0 Å². The number of aromatic nitrogens is 1. The Morgan fingerprint density at radius 1 is 1.33 bits per heavy atom. The lowest BCUT2D eigenvalue weighted by Gasteiger charge is -2.18. The van der Waals surface area contributed by atoms with Crippen LogP contribution in [0.25, 0.3) is 0 Å². The molecule has 0 saturated heterocycles. The quantitative estimate of drug-likeness (QED) is 0.790. The van der Waals surface area contributed by atoms with Gasteiger partial charge in [0, 0.05) is 19.3 Å². The monoisotopic (exact) mass is 251 g/mol. The van der Waals surface area contributed by atoms with Gasteiger partial charge in [0.25, 0.3) is 0 Å². The number of amides is 1. The van der Waals surface area contributed by atoms with E-state index >= 15 is 0 Å². The van der Waals surface area contributed by atoms with Gasteiger partial charge in [-0.25, -0.2) is 9.78 Å². The molecule has 0 aromatic carbocycles. The summed E-state index contributed by atoms with van der Waals surface area (Å²) < 4.78 is 0. The molecule has 0 saturated carbocycles. The van der Waals surface area contributed by atoms with Gasteiger partial charge in [0.15, 0.2) is 0 Å². The normalized spacial score (nSPS) is 9.89. The lowest BCUT2D eigenvalue weighted by atomic mass is 10.3. The first-order valence-corrected chi connectivity index (χ1v) is 5.79. The molecular weight excluding hydrogens is 234 g/mol. The molecule has 1 heterocycles. The average molecular weight is 251 g/mol. The van der Waals surface area contributed by atoms with E-state index < -0.39 is 5.97 Å². The van der Waals surface area contributed by atoms with E-state index in [1.165, 1.54) is 12.3 Å². The van der Waals surface area contributed by atoms with Crippen LogP contribution < -0.4 is 5.32 Å². The maximum atomic E-state index is 11.7. The van der Waals surface area contributed by atoms with Gasteiger partial charge in [0.05, 0.1) is 12.1 Å². The molecule has 6 nitrogen and oxygen atoms in total. The van der Waals surface area contributed by atoms with Crippen molar-refractivity contribution in [2.75, 3.05) is 25.0 Å². The highest BCUT2D eigenvalue weighted by Gasteiger charge is 2.09. The molecule has 0 radical (unpaired) electrons. The number of pyridine rings is 1. The van der Waals surface area contributed by atoms with Crippen LogP contribution in [0.4, 0.5) is 5.82 Å². The van der Waals surface area contributed by atoms with Crippen molar-refractivity contribution < 1.29 is 14.7 Å². The average Bonchev–Trinajstić information content (AvgIpc) is 2.38. The predicted molar refractivity (Wildman–Crippen MR) is 67.6 cm³/mol. The molecule has 1 rings (SSSR count). The molecule has 0 aliphatic rings. The SMILES string of the molecule is CCN(CC)C(=O)CNc1ccc(C(=O)O)cn1. The Morgan fingerprint density at radius 2 is 2.00 bits per heavy atom. The van der Waals surface area contributed by atoms with E-state index in [4.69, 9.17) is 5.11 Å². The fourth-order valence-electron chi connectivity index (χ4n) is 1.48. The van der Waals surface area contributed by atoms with Gasteiger partial charge < -0.3 is 15.3 Å². The molecule has 1 aromatic heterocycles. The van der Waals surface area contributed by atoms with Crippen LogP contribution in [-0.4, -0.2) is 46.5 Å². The maximum Gasteiger partial charge on any atom is 0.337 e. The van der Waals surface area contributed by atoms with Crippen LogP contribution in [0, 0.1) is 0 Å². The zero-order chi connectivity index (χ0) is 13.5. The Kier molecular flexibility index (Phi) is 5.10. The van der Waals surface area contributed by atoms with Crippen molar-refractivity contribution in [1.29, 1.82) is 0 Å². The second-order valence-electron chi connectivity index (χ2n) is 3.66. The number of carbonyl (C=O) groups is 2. The van der Waals surface area contributed by atoms with E-state index in [1.54, 1.807) is 11.0 Å². The summed E-state index contributed by atoms with van der Waals surface area (Å²) in [5.74, 6) is -0.544. The van der Waals surface area contributed by atoms with Crippen molar-refractivity contribution in [2.24, 2.45) is 0 Å². The first kappa shape index (κ1) is 14.0. The van der Waals surface area contributed by atoms with Crippen molar-refractivity contribution in [2.45, 2.75) is 13.8 Å². The van der Waals surface area contributed by atoms with Gasteiger partial charge >= 0.3 is 5.97 Å². The van der Waals surface area contributed by atoms with E-state index in [0.717, 1.165) is 0 Å². The van der Waals surface area contributed by atoms with Gasteiger partial charge in [-0.3, -0.25) is 4.79 Å². The fourth-order valence-corrected chi connectivity index (χ4v) is 1.48. The third-order valence-electron chi connectivity index (χ3n) is 2.55. The van der Waals surface area contributed by atoms with Crippen molar-refractivity contribution in [1.82, 2.24) is 9.88 Å². The van der Waals surface area contributed by atoms with Crippen LogP contribution in [0.1, 0.15) is 24.2 Å². The molecule has 18 heavy (non-hydrogen) atoms. The topological polar surface area (TPSA) is 82.5 Å². The summed E-state index contributed by atoms with van der Waals surface area (Å²) in [6, 6.07) is 2.98.